The Kier molecular flexibility index (Phi) is 13.1. The third-order valence-corrected chi connectivity index (χ3v) is 11.4. The fourth-order valence-corrected chi connectivity index (χ4v) is 7.96. The number of primary amides is 1. The van der Waals surface area contributed by atoms with Crippen molar-refractivity contribution in [2.24, 2.45) is 16.8 Å². The minimum Gasteiger partial charge on any atom is -0.490 e. The normalized spacial score (nSPS) is 20.0. The predicted molar refractivity (Wildman–Crippen MR) is 204 cm³/mol. The fraction of sp³-hybridized carbons (Fsp3) is 0.488. The molecule has 6 rings (SSSR count). The molecule has 2 heterocycles. The minimum absolute atomic E-state index is 0.0195. The van der Waals surface area contributed by atoms with Crippen molar-refractivity contribution in [3.8, 4) is 11.8 Å². The topological polar surface area (TPSA) is 144 Å². The second kappa shape index (κ2) is 18.1. The van der Waals surface area contributed by atoms with Crippen LogP contribution in [0.3, 0.4) is 0 Å². The summed E-state index contributed by atoms with van der Waals surface area (Å²) in [6, 6.07) is 18.9. The maximum atomic E-state index is 13.5. The van der Waals surface area contributed by atoms with E-state index in [0.717, 1.165) is 94.2 Å². The van der Waals surface area contributed by atoms with Crippen LogP contribution in [0, 0.1) is 22.2 Å². The summed E-state index contributed by atoms with van der Waals surface area (Å²) >= 11 is 0. The summed E-state index contributed by atoms with van der Waals surface area (Å²) in [7, 11) is 0. The van der Waals surface area contributed by atoms with Gasteiger partial charge < -0.3 is 25.6 Å². The Morgan fingerprint density at radius 2 is 1.65 bits per heavy atom. The number of amides is 1. The molecule has 3 aliphatic rings. The number of piperazine rings is 1. The molecule has 1 aliphatic carbocycles. The van der Waals surface area contributed by atoms with E-state index in [0.29, 0.717) is 36.2 Å². The molecule has 1 saturated carbocycles. The van der Waals surface area contributed by atoms with Gasteiger partial charge in [-0.2, -0.15) is 23.3 Å². The Balaban J connectivity index is 0.890. The van der Waals surface area contributed by atoms with E-state index in [1.807, 2.05) is 29.2 Å². The van der Waals surface area contributed by atoms with E-state index < -0.39 is 23.7 Å². The second-order valence-corrected chi connectivity index (χ2v) is 14.8. The van der Waals surface area contributed by atoms with Gasteiger partial charge in [-0.15, -0.1) is 0 Å². The lowest BCUT2D eigenvalue weighted by atomic mass is 9.80. The zero-order valence-electron chi connectivity index (χ0n) is 30.8. The highest BCUT2D eigenvalue weighted by Crippen LogP contribution is 2.38. The Hall–Kier alpha value is -5.00. The van der Waals surface area contributed by atoms with Crippen molar-refractivity contribution in [2.45, 2.75) is 69.3 Å². The number of rotatable bonds is 16. The van der Waals surface area contributed by atoms with Crippen molar-refractivity contribution in [3.63, 3.8) is 0 Å². The van der Waals surface area contributed by atoms with Gasteiger partial charge >= 0.3 is 6.18 Å². The molecule has 1 atom stereocenters. The number of anilines is 2. The number of hydrogen-bond donors (Lipinski definition) is 2. The Labute approximate surface area is 319 Å². The van der Waals surface area contributed by atoms with Gasteiger partial charge in [-0.25, -0.2) is 0 Å². The largest absolute Gasteiger partial charge is 0.490 e. The quantitative estimate of drug-likeness (QED) is 0.128. The summed E-state index contributed by atoms with van der Waals surface area (Å²) < 4.78 is 46.7. The van der Waals surface area contributed by atoms with Gasteiger partial charge in [0.15, 0.2) is 0 Å². The van der Waals surface area contributed by atoms with Gasteiger partial charge in [0.05, 0.1) is 35.9 Å². The van der Waals surface area contributed by atoms with Crippen LogP contribution in [0.25, 0.3) is 0 Å². The number of nitrogens with zero attached hydrogens (tertiary/aromatic N) is 5. The number of carbonyl (C=O) groups excluding carboxylic acids is 2. The fourth-order valence-electron chi connectivity index (χ4n) is 7.96. The maximum Gasteiger partial charge on any atom is 0.417 e. The van der Waals surface area contributed by atoms with Crippen LogP contribution in [0.2, 0.25) is 0 Å². The molecule has 2 saturated heterocycles. The van der Waals surface area contributed by atoms with Crippen LogP contribution in [0.4, 0.5) is 24.5 Å². The molecule has 0 bridgehead atoms. The van der Waals surface area contributed by atoms with Crippen LogP contribution < -0.4 is 25.6 Å². The predicted octanol–water partition coefficient (Wildman–Crippen LogP) is 6.24. The lowest BCUT2D eigenvalue weighted by Gasteiger charge is -2.39. The number of nitrogens with two attached hydrogens (primary N) is 1. The summed E-state index contributed by atoms with van der Waals surface area (Å²) in [5.74, 6) is 1.26. The van der Waals surface area contributed by atoms with E-state index in [1.54, 1.807) is 18.2 Å². The van der Waals surface area contributed by atoms with E-state index in [2.05, 4.69) is 32.4 Å². The molecule has 292 valence electrons. The number of hydrogen-bond acceptors (Lipinski definition) is 10. The van der Waals surface area contributed by atoms with Gasteiger partial charge in [-0.1, -0.05) is 17.3 Å². The molecule has 0 spiro atoms. The van der Waals surface area contributed by atoms with Crippen molar-refractivity contribution in [1.82, 2.24) is 10.2 Å². The van der Waals surface area contributed by atoms with E-state index in [-0.39, 0.29) is 31.2 Å². The number of aldehydes is 1. The van der Waals surface area contributed by atoms with Crippen LogP contribution in [0.1, 0.15) is 77.1 Å². The lowest BCUT2D eigenvalue weighted by Crippen LogP contribution is -2.47. The number of nitrogens with one attached hydrogen (secondary N) is 1. The molecule has 0 radical (unpaired) electrons. The van der Waals surface area contributed by atoms with Crippen LogP contribution in [-0.2, 0) is 17.5 Å². The Morgan fingerprint density at radius 1 is 0.982 bits per heavy atom. The maximum absolute atomic E-state index is 13.5. The first-order valence-corrected chi connectivity index (χ1v) is 19.0. The van der Waals surface area contributed by atoms with Crippen molar-refractivity contribution in [3.05, 3.63) is 93.4 Å². The van der Waals surface area contributed by atoms with Crippen LogP contribution in [-0.4, -0.2) is 81.6 Å². The Morgan fingerprint density at radius 3 is 2.29 bits per heavy atom. The third-order valence-electron chi connectivity index (χ3n) is 11.4. The van der Waals surface area contributed by atoms with Gasteiger partial charge in [0.2, 0.25) is 5.91 Å². The molecule has 55 heavy (non-hydrogen) atoms. The molecule has 3 aromatic rings. The van der Waals surface area contributed by atoms with Crippen LogP contribution in [0.5, 0.6) is 5.75 Å². The van der Waals surface area contributed by atoms with E-state index in [4.69, 9.17) is 15.7 Å². The molecule has 3 N–H and O–H groups in total. The third kappa shape index (κ3) is 10.2. The number of nitriles is 1. The monoisotopic (exact) mass is 759 g/mol. The molecule has 1 unspecified atom stereocenters. The molecule has 0 aromatic heterocycles. The Bertz CT molecular complexity index is 1830. The van der Waals surface area contributed by atoms with Gasteiger partial charge in [0.1, 0.15) is 12.0 Å². The molecular formula is C41H48F3N7O4. The van der Waals surface area contributed by atoms with Crippen LogP contribution in [0.15, 0.2) is 65.8 Å². The molecule has 1 amide bonds. The summed E-state index contributed by atoms with van der Waals surface area (Å²) in [5.41, 5.74) is 8.27. The first-order chi connectivity index (χ1) is 26.5. The van der Waals surface area contributed by atoms with Gasteiger partial charge in [0.25, 0.3) is 0 Å². The molecule has 3 aromatic carbocycles. The SMILES string of the molecule is N#Cc1ccc(N2CCC(c3ccc(OC4CC(CCN5CCN(c6ccc(C=O)c(CNC(CCN=O)C(N)=O)c6)CC5)C4)cc3)CC2)cc1C(F)(F)F. The number of piperidine rings is 1. The first kappa shape index (κ1) is 39.7. The molecule has 3 fully saturated rings. The van der Waals surface area contributed by atoms with Gasteiger partial charge in [-0.3, -0.25) is 14.5 Å². The summed E-state index contributed by atoms with van der Waals surface area (Å²) in [5, 5.41) is 15.0. The highest BCUT2D eigenvalue weighted by atomic mass is 19.4. The average Bonchev–Trinajstić information content (AvgIpc) is 3.18. The second-order valence-electron chi connectivity index (χ2n) is 14.8. The number of alkyl halides is 3. The average molecular weight is 760 g/mol. The zero-order chi connectivity index (χ0) is 39.0. The van der Waals surface area contributed by atoms with E-state index in [1.165, 1.54) is 11.6 Å². The number of nitroso groups, excluding NO2 is 1. The highest BCUT2D eigenvalue weighted by Gasteiger charge is 2.35. The highest BCUT2D eigenvalue weighted by molar-refractivity contribution is 5.80. The minimum atomic E-state index is -4.57. The van der Waals surface area contributed by atoms with Crippen molar-refractivity contribution < 1.29 is 27.5 Å². The zero-order valence-corrected chi connectivity index (χ0v) is 30.8. The number of ether oxygens (including phenoxy) is 1. The number of carbonyl (C=O) groups is 2. The molecule has 11 nitrogen and oxygen atoms in total. The standard InChI is InChI=1S/C41H48F3N7O4/c42-41(43,44)38-24-35(5-1-31(38)25-45)50-15-11-30(12-16-50)29-3-7-36(8-4-29)55-37-21-28(22-37)10-14-49-17-19-51(20-18-49)34-6-2-32(27-52)33(23-34)26-47-39(40(46)53)9-13-48-54/h1-8,23-24,27-28,30,37,39,47H,9-22,26H2,(H2,46,53). The lowest BCUT2D eigenvalue weighted by molar-refractivity contribution is -0.137. The summed E-state index contributed by atoms with van der Waals surface area (Å²) in [4.78, 5) is 40.7. The number of halogens is 3. The van der Waals surface area contributed by atoms with Gasteiger partial charge in [0, 0.05) is 62.8 Å². The molecule has 14 heteroatoms. The van der Waals surface area contributed by atoms with Crippen molar-refractivity contribution >= 4 is 23.6 Å². The number of benzene rings is 3. The summed E-state index contributed by atoms with van der Waals surface area (Å²) in [6.45, 7) is 6.20. The van der Waals surface area contributed by atoms with E-state index in [9.17, 15) is 27.7 Å². The summed E-state index contributed by atoms with van der Waals surface area (Å²) in [6.07, 6.45) is 1.51. The smallest absolute Gasteiger partial charge is 0.417 e. The van der Waals surface area contributed by atoms with Crippen LogP contribution >= 0.6 is 0 Å². The van der Waals surface area contributed by atoms with Gasteiger partial charge in [-0.05, 0) is 117 Å². The first-order valence-electron chi connectivity index (χ1n) is 19.0. The molecule has 2 aliphatic heterocycles. The van der Waals surface area contributed by atoms with E-state index >= 15 is 0 Å². The van der Waals surface area contributed by atoms with Crippen molar-refractivity contribution in [2.75, 3.05) is 62.2 Å². The van der Waals surface area contributed by atoms with Crippen molar-refractivity contribution in [1.29, 1.82) is 5.26 Å². The molecular weight excluding hydrogens is 711 g/mol.